The van der Waals surface area contributed by atoms with E-state index in [1.165, 1.54) is 15.5 Å². The molecule has 2 saturated heterocycles. The maximum Gasteiger partial charge on any atom is 0.292 e. The van der Waals surface area contributed by atoms with Crippen LogP contribution < -0.4 is 14.7 Å². The number of halogens is 1. The molecule has 27 heavy (non-hydrogen) atoms. The summed E-state index contributed by atoms with van der Waals surface area (Å²) in [7, 11) is 0. The molecule has 4 rings (SSSR count). The van der Waals surface area contributed by atoms with Crippen LogP contribution in [0.25, 0.3) is 0 Å². The van der Waals surface area contributed by atoms with Crippen molar-refractivity contribution in [1.82, 2.24) is 0 Å². The second kappa shape index (κ2) is 7.33. The number of rotatable bonds is 3. The van der Waals surface area contributed by atoms with Crippen LogP contribution in [0.2, 0.25) is 5.02 Å². The van der Waals surface area contributed by atoms with E-state index in [1.54, 1.807) is 12.1 Å². The third-order valence-corrected chi connectivity index (χ3v) is 5.81. The molecule has 2 amide bonds. The number of hydrogen-bond acceptors (Lipinski definition) is 3. The van der Waals surface area contributed by atoms with Crippen molar-refractivity contribution < 1.29 is 14.5 Å². The van der Waals surface area contributed by atoms with Crippen LogP contribution in [-0.4, -0.2) is 44.0 Å². The zero-order valence-electron chi connectivity index (χ0n) is 15.3. The standard InChI is InChI=1S/C21H22ClN3O2/c1-15-7-8-16(22)13-18(15)25-20(26)14-19(21(25)27)24-11-9-23(10-12-24)17-5-3-2-4-6-17/h2-8,13,19H,9-12,14H2,1H3/p+1/t19-/m0/s1. The van der Waals surface area contributed by atoms with E-state index < -0.39 is 0 Å². The van der Waals surface area contributed by atoms with Gasteiger partial charge in [0.25, 0.3) is 5.91 Å². The van der Waals surface area contributed by atoms with E-state index >= 15 is 0 Å². The number of aryl methyl sites for hydroxylation is 1. The molecule has 0 unspecified atom stereocenters. The molecule has 0 aromatic heterocycles. The van der Waals surface area contributed by atoms with Gasteiger partial charge in [0.1, 0.15) is 0 Å². The first kappa shape index (κ1) is 18.0. The smallest absolute Gasteiger partial charge is 0.292 e. The van der Waals surface area contributed by atoms with E-state index in [1.807, 2.05) is 31.2 Å². The second-order valence-electron chi connectivity index (χ2n) is 7.24. The van der Waals surface area contributed by atoms with Gasteiger partial charge in [0, 0.05) is 10.7 Å². The van der Waals surface area contributed by atoms with Gasteiger partial charge in [-0.25, -0.2) is 4.90 Å². The van der Waals surface area contributed by atoms with Crippen LogP contribution in [0.3, 0.4) is 0 Å². The molecule has 1 atom stereocenters. The van der Waals surface area contributed by atoms with E-state index in [9.17, 15) is 9.59 Å². The average Bonchev–Trinajstić information content (AvgIpc) is 2.99. The topological polar surface area (TPSA) is 45.1 Å². The highest BCUT2D eigenvalue weighted by molar-refractivity contribution is 6.31. The Morgan fingerprint density at radius 2 is 1.74 bits per heavy atom. The highest BCUT2D eigenvalue weighted by Gasteiger charge is 2.46. The SMILES string of the molecule is Cc1ccc(Cl)cc1N1C(=O)C[C@H]([NH+]2CCN(c3ccccc3)CC2)C1=O. The molecule has 0 saturated carbocycles. The van der Waals surface area contributed by atoms with Gasteiger partial charge in [-0.3, -0.25) is 9.59 Å². The summed E-state index contributed by atoms with van der Waals surface area (Å²) in [4.78, 5) is 30.6. The van der Waals surface area contributed by atoms with Gasteiger partial charge in [-0.1, -0.05) is 35.9 Å². The lowest BCUT2D eigenvalue weighted by Gasteiger charge is -2.35. The predicted molar refractivity (Wildman–Crippen MR) is 106 cm³/mol. The van der Waals surface area contributed by atoms with Crippen LogP contribution in [0.1, 0.15) is 12.0 Å². The van der Waals surface area contributed by atoms with Crippen molar-refractivity contribution in [2.24, 2.45) is 0 Å². The molecule has 140 valence electrons. The van der Waals surface area contributed by atoms with Crippen molar-refractivity contribution in [3.63, 3.8) is 0 Å². The number of anilines is 2. The summed E-state index contributed by atoms with van der Waals surface area (Å²) in [5.74, 6) is -0.234. The summed E-state index contributed by atoms with van der Waals surface area (Å²) in [6, 6.07) is 15.3. The van der Waals surface area contributed by atoms with Crippen molar-refractivity contribution in [3.05, 3.63) is 59.1 Å². The number of hydrogen-bond donors (Lipinski definition) is 1. The number of nitrogens with one attached hydrogen (secondary N) is 1. The highest BCUT2D eigenvalue weighted by Crippen LogP contribution is 2.28. The number of amides is 2. The Labute approximate surface area is 164 Å². The monoisotopic (exact) mass is 384 g/mol. The lowest BCUT2D eigenvalue weighted by Crippen LogP contribution is -3.19. The molecular weight excluding hydrogens is 362 g/mol. The zero-order valence-corrected chi connectivity index (χ0v) is 16.1. The van der Waals surface area contributed by atoms with Crippen LogP contribution in [0.15, 0.2) is 48.5 Å². The molecule has 0 spiro atoms. The number of quaternary nitrogens is 1. The molecule has 0 radical (unpaired) electrons. The Balaban J connectivity index is 1.47. The third-order valence-electron chi connectivity index (χ3n) is 5.58. The quantitative estimate of drug-likeness (QED) is 0.819. The van der Waals surface area contributed by atoms with Gasteiger partial charge in [-0.15, -0.1) is 0 Å². The van der Waals surface area contributed by atoms with Crippen molar-refractivity contribution in [2.75, 3.05) is 36.0 Å². The number of para-hydroxylation sites is 1. The van der Waals surface area contributed by atoms with Crippen LogP contribution >= 0.6 is 11.6 Å². The largest absolute Gasteiger partial charge is 0.360 e. The fourth-order valence-electron chi connectivity index (χ4n) is 4.07. The number of piperazine rings is 1. The Morgan fingerprint density at radius 1 is 1.04 bits per heavy atom. The molecule has 5 nitrogen and oxygen atoms in total. The molecule has 0 aliphatic carbocycles. The molecule has 2 heterocycles. The minimum absolute atomic E-state index is 0.103. The molecule has 2 fully saturated rings. The summed E-state index contributed by atoms with van der Waals surface area (Å²) in [6.45, 7) is 5.36. The Bertz CT molecular complexity index is 863. The highest BCUT2D eigenvalue weighted by atomic mass is 35.5. The maximum absolute atomic E-state index is 13.1. The Morgan fingerprint density at radius 3 is 2.44 bits per heavy atom. The lowest BCUT2D eigenvalue weighted by molar-refractivity contribution is -0.915. The van der Waals surface area contributed by atoms with E-state index in [-0.39, 0.29) is 24.3 Å². The normalized spacial score (nSPS) is 21.2. The Kier molecular flexibility index (Phi) is 4.89. The molecule has 2 aliphatic rings. The summed E-state index contributed by atoms with van der Waals surface area (Å²) < 4.78 is 0. The lowest BCUT2D eigenvalue weighted by atomic mass is 10.1. The number of benzene rings is 2. The van der Waals surface area contributed by atoms with E-state index in [4.69, 9.17) is 11.6 Å². The fourth-order valence-corrected chi connectivity index (χ4v) is 4.23. The minimum Gasteiger partial charge on any atom is -0.360 e. The van der Waals surface area contributed by atoms with Crippen LogP contribution in [-0.2, 0) is 9.59 Å². The van der Waals surface area contributed by atoms with Gasteiger partial charge in [0.15, 0.2) is 6.04 Å². The Hall–Kier alpha value is -2.37. The van der Waals surface area contributed by atoms with Crippen LogP contribution in [0.4, 0.5) is 11.4 Å². The number of carbonyl (C=O) groups is 2. The van der Waals surface area contributed by atoms with Crippen LogP contribution in [0, 0.1) is 6.92 Å². The first-order valence-corrected chi connectivity index (χ1v) is 9.70. The summed E-state index contributed by atoms with van der Waals surface area (Å²) in [5.41, 5.74) is 2.70. The van der Waals surface area contributed by atoms with Gasteiger partial charge in [0.2, 0.25) is 5.91 Å². The number of nitrogens with zero attached hydrogens (tertiary/aromatic N) is 2. The van der Waals surface area contributed by atoms with Gasteiger partial charge in [-0.05, 0) is 36.8 Å². The predicted octanol–water partition coefficient (Wildman–Crippen LogP) is 1.69. The van der Waals surface area contributed by atoms with Gasteiger partial charge < -0.3 is 9.80 Å². The maximum atomic E-state index is 13.1. The van der Waals surface area contributed by atoms with Gasteiger partial charge in [0.05, 0.1) is 38.3 Å². The van der Waals surface area contributed by atoms with Gasteiger partial charge >= 0.3 is 0 Å². The van der Waals surface area contributed by atoms with E-state index in [0.29, 0.717) is 10.7 Å². The third kappa shape index (κ3) is 3.45. The fraction of sp³-hybridized carbons (Fsp3) is 0.333. The van der Waals surface area contributed by atoms with Crippen LogP contribution in [0.5, 0.6) is 0 Å². The average molecular weight is 385 g/mol. The summed E-state index contributed by atoms with van der Waals surface area (Å²) in [6.07, 6.45) is 0.269. The number of carbonyl (C=O) groups excluding carboxylic acids is 2. The van der Waals surface area contributed by atoms with Crippen molar-refractivity contribution in [3.8, 4) is 0 Å². The number of imide groups is 1. The molecule has 0 bridgehead atoms. The molecule has 1 N–H and O–H groups in total. The second-order valence-corrected chi connectivity index (χ2v) is 7.67. The first-order chi connectivity index (χ1) is 13.0. The van der Waals surface area contributed by atoms with Crippen molar-refractivity contribution in [1.29, 1.82) is 0 Å². The first-order valence-electron chi connectivity index (χ1n) is 9.32. The summed E-state index contributed by atoms with van der Waals surface area (Å²) >= 11 is 6.09. The molecule has 6 heteroatoms. The molecule has 2 aromatic carbocycles. The zero-order chi connectivity index (χ0) is 19.0. The van der Waals surface area contributed by atoms with Crippen molar-refractivity contribution >= 4 is 34.8 Å². The van der Waals surface area contributed by atoms with E-state index in [2.05, 4.69) is 17.0 Å². The molecule has 2 aromatic rings. The minimum atomic E-state index is -0.297. The van der Waals surface area contributed by atoms with Crippen molar-refractivity contribution in [2.45, 2.75) is 19.4 Å². The summed E-state index contributed by atoms with van der Waals surface area (Å²) in [5, 5.41) is 0.531. The van der Waals surface area contributed by atoms with E-state index in [0.717, 1.165) is 31.7 Å². The molecule has 2 aliphatic heterocycles. The van der Waals surface area contributed by atoms with Gasteiger partial charge in [-0.2, -0.15) is 0 Å². The molecular formula is C21H23ClN3O2+.